The Kier molecular flexibility index (Phi) is 2.26. The van der Waals surface area contributed by atoms with Crippen molar-refractivity contribution >= 4 is 0 Å². The van der Waals surface area contributed by atoms with Gasteiger partial charge in [0.05, 0.1) is 25.7 Å². The first kappa shape index (κ1) is 9.93. The van der Waals surface area contributed by atoms with E-state index in [0.29, 0.717) is 13.0 Å². The second-order valence-electron chi connectivity index (χ2n) is 3.93. The maximum absolute atomic E-state index is 5.76. The highest BCUT2D eigenvalue weighted by Crippen LogP contribution is 2.42. The van der Waals surface area contributed by atoms with Gasteiger partial charge in [-0.3, -0.25) is 0 Å². The molecule has 3 rings (SSSR count). The zero-order valence-electron chi connectivity index (χ0n) is 9.14. The van der Waals surface area contributed by atoms with Crippen LogP contribution < -0.4 is 9.47 Å². The topological polar surface area (TPSA) is 40.2 Å². The number of fused-ring (bicyclic) bond motifs is 1. The third kappa shape index (κ3) is 1.74. The van der Waals surface area contributed by atoms with E-state index in [1.54, 1.807) is 0 Å². The fourth-order valence-corrected chi connectivity index (χ4v) is 1.86. The van der Waals surface area contributed by atoms with E-state index in [2.05, 4.69) is 0 Å². The molecule has 1 aromatic carbocycles. The van der Waals surface area contributed by atoms with Crippen molar-refractivity contribution in [2.75, 3.05) is 13.2 Å². The van der Waals surface area contributed by atoms with Gasteiger partial charge < -0.3 is 18.9 Å². The van der Waals surface area contributed by atoms with Crippen LogP contribution in [-0.4, -0.2) is 25.3 Å². The lowest BCUT2D eigenvalue weighted by Crippen LogP contribution is -2.43. The van der Waals surface area contributed by atoms with Crippen LogP contribution in [0.5, 0.6) is 11.5 Å². The van der Waals surface area contributed by atoms with E-state index in [1.807, 2.05) is 31.2 Å². The minimum absolute atomic E-state index is 0.195. The normalized spacial score (nSPS) is 24.4. The van der Waals surface area contributed by atoms with E-state index in [0.717, 1.165) is 18.1 Å². The highest BCUT2D eigenvalue weighted by atomic mass is 16.9. The predicted molar refractivity (Wildman–Crippen MR) is 56.4 cm³/mol. The van der Waals surface area contributed by atoms with Crippen molar-refractivity contribution in [2.45, 2.75) is 25.4 Å². The first-order valence-electron chi connectivity index (χ1n) is 5.54. The summed E-state index contributed by atoms with van der Waals surface area (Å²) < 4.78 is 22.3. The summed E-state index contributed by atoms with van der Waals surface area (Å²) in [6.07, 6.45) is 0.802. The van der Waals surface area contributed by atoms with Gasteiger partial charge in [0.1, 0.15) is 0 Å². The standard InChI is InChI=1S/C12H14O4/c1-2-14-12(7-9-8-13-9)15-10-5-3-4-6-11(10)16-12/h3-6,9H,2,7-8H2,1H3. The van der Waals surface area contributed by atoms with Crippen LogP contribution in [0.1, 0.15) is 13.3 Å². The largest absolute Gasteiger partial charge is 0.426 e. The van der Waals surface area contributed by atoms with Crippen molar-refractivity contribution in [3.63, 3.8) is 0 Å². The van der Waals surface area contributed by atoms with Gasteiger partial charge in [-0.2, -0.15) is 0 Å². The highest BCUT2D eigenvalue weighted by Gasteiger charge is 2.47. The molecule has 0 aromatic heterocycles. The smallest absolute Gasteiger partial charge is 0.374 e. The van der Waals surface area contributed by atoms with Crippen LogP contribution in [0.2, 0.25) is 0 Å². The van der Waals surface area contributed by atoms with Gasteiger partial charge in [-0.25, -0.2) is 0 Å². The predicted octanol–water partition coefficient (Wildman–Crippen LogP) is 1.94. The quantitative estimate of drug-likeness (QED) is 0.730. The summed E-state index contributed by atoms with van der Waals surface area (Å²) in [6, 6.07) is 7.59. The Morgan fingerprint density at radius 1 is 1.31 bits per heavy atom. The average molecular weight is 222 g/mol. The Morgan fingerprint density at radius 3 is 2.44 bits per heavy atom. The molecule has 0 radical (unpaired) electrons. The van der Waals surface area contributed by atoms with Crippen molar-refractivity contribution in [1.29, 1.82) is 0 Å². The van der Waals surface area contributed by atoms with E-state index in [9.17, 15) is 0 Å². The maximum Gasteiger partial charge on any atom is 0.374 e. The molecule has 1 aromatic rings. The summed E-state index contributed by atoms with van der Waals surface area (Å²) in [6.45, 7) is 3.23. The number of epoxide rings is 1. The first-order chi connectivity index (χ1) is 7.81. The van der Waals surface area contributed by atoms with Crippen LogP contribution in [0.3, 0.4) is 0 Å². The molecule has 4 heteroatoms. The molecule has 1 unspecified atom stereocenters. The van der Waals surface area contributed by atoms with Crippen molar-refractivity contribution in [1.82, 2.24) is 0 Å². The molecule has 1 saturated heterocycles. The number of hydrogen-bond donors (Lipinski definition) is 0. The second-order valence-corrected chi connectivity index (χ2v) is 3.93. The van der Waals surface area contributed by atoms with Crippen molar-refractivity contribution in [2.24, 2.45) is 0 Å². The van der Waals surface area contributed by atoms with Crippen molar-refractivity contribution in [3.8, 4) is 11.5 Å². The molecule has 2 aliphatic rings. The number of benzene rings is 1. The molecule has 1 atom stereocenters. The summed E-state index contributed by atoms with van der Waals surface area (Å²) >= 11 is 0. The van der Waals surface area contributed by atoms with Crippen LogP contribution in [0.15, 0.2) is 24.3 Å². The molecular weight excluding hydrogens is 208 g/mol. The monoisotopic (exact) mass is 222 g/mol. The van der Waals surface area contributed by atoms with Crippen LogP contribution in [0.25, 0.3) is 0 Å². The van der Waals surface area contributed by atoms with Gasteiger partial charge in [-0.1, -0.05) is 12.1 Å². The zero-order chi connectivity index (χ0) is 11.0. The van der Waals surface area contributed by atoms with Crippen LogP contribution in [-0.2, 0) is 9.47 Å². The Labute approximate surface area is 94.1 Å². The van der Waals surface area contributed by atoms with Gasteiger partial charge in [0.25, 0.3) is 0 Å². The van der Waals surface area contributed by atoms with E-state index in [1.165, 1.54) is 0 Å². The first-order valence-corrected chi connectivity index (χ1v) is 5.54. The molecule has 1 fully saturated rings. The molecule has 0 aliphatic carbocycles. The SMILES string of the molecule is CCOC1(CC2CO2)Oc2ccccc2O1. The lowest BCUT2D eigenvalue weighted by atomic mass is 10.3. The van der Waals surface area contributed by atoms with Gasteiger partial charge in [0, 0.05) is 0 Å². The van der Waals surface area contributed by atoms with E-state index >= 15 is 0 Å². The maximum atomic E-state index is 5.76. The van der Waals surface area contributed by atoms with E-state index in [-0.39, 0.29) is 6.10 Å². The molecule has 16 heavy (non-hydrogen) atoms. The van der Waals surface area contributed by atoms with Gasteiger partial charge >= 0.3 is 5.97 Å². The summed E-state index contributed by atoms with van der Waals surface area (Å²) in [4.78, 5) is 0. The molecule has 0 spiro atoms. The minimum Gasteiger partial charge on any atom is -0.426 e. The summed E-state index contributed by atoms with van der Waals surface area (Å²) in [5.74, 6) is 0.479. The molecule has 0 saturated carbocycles. The zero-order valence-corrected chi connectivity index (χ0v) is 9.14. The molecule has 0 amide bonds. The molecule has 2 aliphatic heterocycles. The third-order valence-electron chi connectivity index (χ3n) is 2.62. The molecule has 4 nitrogen and oxygen atoms in total. The minimum atomic E-state index is -0.987. The molecule has 86 valence electrons. The van der Waals surface area contributed by atoms with Gasteiger partial charge in [0.2, 0.25) is 0 Å². The van der Waals surface area contributed by atoms with Crippen molar-refractivity contribution < 1.29 is 18.9 Å². The Bertz CT molecular complexity index is 361. The van der Waals surface area contributed by atoms with Crippen molar-refractivity contribution in [3.05, 3.63) is 24.3 Å². The highest BCUT2D eigenvalue weighted by molar-refractivity contribution is 5.42. The fourth-order valence-electron chi connectivity index (χ4n) is 1.86. The lowest BCUT2D eigenvalue weighted by Gasteiger charge is -2.25. The molecule has 0 N–H and O–H groups in total. The second kappa shape index (κ2) is 3.64. The number of para-hydroxylation sites is 2. The fraction of sp³-hybridized carbons (Fsp3) is 0.500. The van der Waals surface area contributed by atoms with Gasteiger partial charge in [-0.05, 0) is 19.1 Å². The summed E-state index contributed by atoms with van der Waals surface area (Å²) in [5, 5.41) is 0. The number of ether oxygens (including phenoxy) is 4. The molecular formula is C12H14O4. The Balaban J connectivity index is 1.82. The Hall–Kier alpha value is -1.26. The van der Waals surface area contributed by atoms with E-state index in [4.69, 9.17) is 18.9 Å². The van der Waals surface area contributed by atoms with Crippen LogP contribution in [0.4, 0.5) is 0 Å². The molecule has 2 heterocycles. The number of rotatable bonds is 4. The summed E-state index contributed by atoms with van der Waals surface area (Å²) in [7, 11) is 0. The Morgan fingerprint density at radius 2 is 1.94 bits per heavy atom. The van der Waals surface area contributed by atoms with Gasteiger partial charge in [0.15, 0.2) is 11.5 Å². The number of hydrogen-bond acceptors (Lipinski definition) is 4. The van der Waals surface area contributed by atoms with Crippen LogP contribution >= 0.6 is 0 Å². The lowest BCUT2D eigenvalue weighted by molar-refractivity contribution is -0.285. The summed E-state index contributed by atoms with van der Waals surface area (Å²) in [5.41, 5.74) is 0. The van der Waals surface area contributed by atoms with Crippen LogP contribution in [0, 0.1) is 0 Å². The molecule has 0 bridgehead atoms. The van der Waals surface area contributed by atoms with Gasteiger partial charge in [-0.15, -0.1) is 0 Å². The van der Waals surface area contributed by atoms with E-state index < -0.39 is 5.97 Å². The average Bonchev–Trinajstić information content (AvgIpc) is 2.98. The third-order valence-corrected chi connectivity index (χ3v) is 2.62.